The molecule has 0 radical (unpaired) electrons. The van der Waals surface area contributed by atoms with Gasteiger partial charge in [0.25, 0.3) is 0 Å². The smallest absolute Gasteiger partial charge is 0.231 e. The number of thiazole rings is 1. The minimum absolute atomic E-state index is 0.0991. The Balaban J connectivity index is 1.48. The first-order valence-corrected chi connectivity index (χ1v) is 7.63. The third-order valence-corrected chi connectivity index (χ3v) is 4.29. The Kier molecular flexibility index (Phi) is 3.16. The van der Waals surface area contributed by atoms with Gasteiger partial charge in [0.1, 0.15) is 0 Å². The van der Waals surface area contributed by atoms with Gasteiger partial charge in [0.2, 0.25) is 12.7 Å². The van der Waals surface area contributed by atoms with Gasteiger partial charge in [-0.2, -0.15) is 0 Å². The van der Waals surface area contributed by atoms with Crippen LogP contribution in [0.3, 0.4) is 0 Å². The van der Waals surface area contributed by atoms with Crippen molar-refractivity contribution in [3.05, 3.63) is 48.0 Å². The van der Waals surface area contributed by atoms with E-state index in [1.54, 1.807) is 0 Å². The van der Waals surface area contributed by atoms with Crippen LogP contribution < -0.4 is 14.8 Å². The van der Waals surface area contributed by atoms with Crippen molar-refractivity contribution >= 4 is 32.6 Å². The van der Waals surface area contributed by atoms with Crippen LogP contribution in [0, 0.1) is 0 Å². The lowest BCUT2D eigenvalue weighted by molar-refractivity contribution is -0.115. The lowest BCUT2D eigenvalue weighted by atomic mass is 10.1. The molecule has 1 aromatic heterocycles. The molecule has 1 aliphatic heterocycles. The highest BCUT2D eigenvalue weighted by Gasteiger charge is 2.15. The summed E-state index contributed by atoms with van der Waals surface area (Å²) in [5.74, 6) is 1.30. The Morgan fingerprint density at radius 2 is 2.05 bits per heavy atom. The summed E-state index contributed by atoms with van der Waals surface area (Å²) < 4.78 is 11.6. The summed E-state index contributed by atoms with van der Waals surface area (Å²) in [6, 6.07) is 13.3. The van der Waals surface area contributed by atoms with E-state index in [1.807, 2.05) is 42.5 Å². The van der Waals surface area contributed by atoms with Crippen molar-refractivity contribution in [2.45, 2.75) is 6.42 Å². The predicted octanol–water partition coefficient (Wildman–Crippen LogP) is 3.21. The summed E-state index contributed by atoms with van der Waals surface area (Å²) in [6.07, 6.45) is 0.270. The topological polar surface area (TPSA) is 60.5 Å². The fraction of sp³-hybridized carbons (Fsp3) is 0.125. The van der Waals surface area contributed by atoms with Crippen molar-refractivity contribution < 1.29 is 14.3 Å². The van der Waals surface area contributed by atoms with Gasteiger partial charge in [-0.1, -0.05) is 29.5 Å². The predicted molar refractivity (Wildman–Crippen MR) is 84.5 cm³/mol. The van der Waals surface area contributed by atoms with E-state index in [-0.39, 0.29) is 19.1 Å². The van der Waals surface area contributed by atoms with Crippen LogP contribution in [-0.4, -0.2) is 17.7 Å². The first kappa shape index (κ1) is 13.1. The average molecular weight is 312 g/mol. The fourth-order valence-corrected chi connectivity index (χ4v) is 3.21. The Bertz CT molecular complexity index is 826. The molecule has 0 unspecified atom stereocenters. The Morgan fingerprint density at radius 1 is 1.18 bits per heavy atom. The number of nitrogens with zero attached hydrogens (tertiary/aromatic N) is 1. The lowest BCUT2D eigenvalue weighted by Gasteiger charge is -2.03. The van der Waals surface area contributed by atoms with Gasteiger partial charge >= 0.3 is 0 Å². The van der Waals surface area contributed by atoms with Gasteiger partial charge in [0, 0.05) is 0 Å². The standard InChI is InChI=1S/C16H12N2O3S/c19-15(8-10-5-6-12-13(7-10)21-9-20-12)18-16-17-11-3-1-2-4-14(11)22-16/h1-7H,8-9H2,(H,17,18,19). The third kappa shape index (κ3) is 2.48. The van der Waals surface area contributed by atoms with Crippen LogP contribution in [0.15, 0.2) is 42.5 Å². The number of hydrogen-bond donors (Lipinski definition) is 1. The number of anilines is 1. The van der Waals surface area contributed by atoms with Gasteiger partial charge in [-0.3, -0.25) is 4.79 Å². The second-order valence-electron chi connectivity index (χ2n) is 4.90. The number of carbonyl (C=O) groups is 1. The van der Waals surface area contributed by atoms with Crippen molar-refractivity contribution in [1.29, 1.82) is 0 Å². The number of rotatable bonds is 3. The van der Waals surface area contributed by atoms with Crippen LogP contribution in [0.25, 0.3) is 10.2 Å². The first-order chi connectivity index (χ1) is 10.8. The molecular formula is C16H12N2O3S. The van der Waals surface area contributed by atoms with E-state index in [9.17, 15) is 4.79 Å². The molecule has 110 valence electrons. The highest BCUT2D eigenvalue weighted by molar-refractivity contribution is 7.22. The molecule has 0 spiro atoms. The molecule has 0 saturated carbocycles. The fourth-order valence-electron chi connectivity index (χ4n) is 2.33. The number of aromatic nitrogens is 1. The van der Waals surface area contributed by atoms with E-state index < -0.39 is 0 Å². The summed E-state index contributed by atoms with van der Waals surface area (Å²) in [7, 11) is 0. The van der Waals surface area contributed by atoms with Gasteiger partial charge in [0.05, 0.1) is 16.6 Å². The maximum atomic E-state index is 12.1. The Morgan fingerprint density at radius 3 is 2.95 bits per heavy atom. The second-order valence-corrected chi connectivity index (χ2v) is 5.93. The van der Waals surface area contributed by atoms with Gasteiger partial charge in [0.15, 0.2) is 16.6 Å². The zero-order valence-corrected chi connectivity index (χ0v) is 12.4. The number of carbonyl (C=O) groups excluding carboxylic acids is 1. The minimum atomic E-state index is -0.0991. The molecule has 1 aliphatic rings. The zero-order valence-electron chi connectivity index (χ0n) is 11.5. The van der Waals surface area contributed by atoms with E-state index >= 15 is 0 Å². The zero-order chi connectivity index (χ0) is 14.9. The maximum Gasteiger partial charge on any atom is 0.231 e. The summed E-state index contributed by atoms with van der Waals surface area (Å²) >= 11 is 1.47. The molecule has 1 N–H and O–H groups in total. The van der Waals surface area contributed by atoms with Crippen molar-refractivity contribution in [2.24, 2.45) is 0 Å². The SMILES string of the molecule is O=C(Cc1ccc2c(c1)OCO2)Nc1nc2ccccc2s1. The molecule has 0 atom stereocenters. The van der Waals surface area contributed by atoms with E-state index in [1.165, 1.54) is 11.3 Å². The van der Waals surface area contributed by atoms with E-state index in [0.29, 0.717) is 10.9 Å². The number of fused-ring (bicyclic) bond motifs is 2. The number of nitrogens with one attached hydrogen (secondary N) is 1. The molecule has 5 nitrogen and oxygen atoms in total. The molecule has 4 rings (SSSR count). The van der Waals surface area contributed by atoms with Crippen LogP contribution in [0.2, 0.25) is 0 Å². The van der Waals surface area contributed by atoms with Crippen molar-refractivity contribution in [2.75, 3.05) is 12.1 Å². The van der Waals surface area contributed by atoms with E-state index in [0.717, 1.165) is 21.5 Å². The third-order valence-electron chi connectivity index (χ3n) is 3.34. The van der Waals surface area contributed by atoms with Crippen LogP contribution in [0.5, 0.6) is 11.5 Å². The van der Waals surface area contributed by atoms with Gasteiger partial charge in [-0.25, -0.2) is 4.98 Å². The lowest BCUT2D eigenvalue weighted by Crippen LogP contribution is -2.14. The quantitative estimate of drug-likeness (QED) is 0.807. The molecular weight excluding hydrogens is 300 g/mol. The normalized spacial score (nSPS) is 12.5. The largest absolute Gasteiger partial charge is 0.454 e. The van der Waals surface area contributed by atoms with E-state index in [2.05, 4.69) is 10.3 Å². The molecule has 0 bridgehead atoms. The summed E-state index contributed by atoms with van der Waals surface area (Å²) in [6.45, 7) is 0.233. The van der Waals surface area contributed by atoms with Crippen LogP contribution in [0.4, 0.5) is 5.13 Å². The summed E-state index contributed by atoms with van der Waals surface area (Å²) in [5.41, 5.74) is 1.77. The van der Waals surface area contributed by atoms with Crippen molar-refractivity contribution in [3.63, 3.8) is 0 Å². The van der Waals surface area contributed by atoms with Gasteiger partial charge < -0.3 is 14.8 Å². The molecule has 2 heterocycles. The molecule has 22 heavy (non-hydrogen) atoms. The summed E-state index contributed by atoms with van der Waals surface area (Å²) in [5, 5.41) is 3.46. The monoisotopic (exact) mass is 312 g/mol. The first-order valence-electron chi connectivity index (χ1n) is 6.82. The maximum absolute atomic E-state index is 12.1. The molecule has 0 aliphatic carbocycles. The highest BCUT2D eigenvalue weighted by atomic mass is 32.1. The van der Waals surface area contributed by atoms with Crippen LogP contribution >= 0.6 is 11.3 Å². The number of benzene rings is 2. The second kappa shape index (κ2) is 5.31. The van der Waals surface area contributed by atoms with Crippen LogP contribution in [-0.2, 0) is 11.2 Å². The van der Waals surface area contributed by atoms with E-state index in [4.69, 9.17) is 9.47 Å². The minimum Gasteiger partial charge on any atom is -0.454 e. The van der Waals surface area contributed by atoms with Gasteiger partial charge in [-0.05, 0) is 29.8 Å². The average Bonchev–Trinajstić information content (AvgIpc) is 3.11. The van der Waals surface area contributed by atoms with Crippen LogP contribution in [0.1, 0.15) is 5.56 Å². The molecule has 0 fully saturated rings. The highest BCUT2D eigenvalue weighted by Crippen LogP contribution is 2.32. The van der Waals surface area contributed by atoms with Crippen molar-refractivity contribution in [1.82, 2.24) is 4.98 Å². The number of hydrogen-bond acceptors (Lipinski definition) is 5. The number of ether oxygens (including phenoxy) is 2. The molecule has 0 saturated heterocycles. The molecule has 6 heteroatoms. The Labute approximate surface area is 130 Å². The van der Waals surface area contributed by atoms with Gasteiger partial charge in [-0.15, -0.1) is 0 Å². The summed E-state index contributed by atoms with van der Waals surface area (Å²) in [4.78, 5) is 16.5. The Hall–Kier alpha value is -2.60. The number of para-hydroxylation sites is 1. The molecule has 1 amide bonds. The molecule has 3 aromatic rings. The van der Waals surface area contributed by atoms with Crippen molar-refractivity contribution in [3.8, 4) is 11.5 Å². The molecule has 2 aromatic carbocycles. The number of amides is 1.